The SMILES string of the molecule is COc1cc(C(=O)NC(C)c2nc3ccccc3n2CCCOc2cc(C)ccc2C)cc(OC)c1OC. The van der Waals surface area contributed by atoms with Gasteiger partial charge < -0.3 is 28.8 Å². The van der Waals surface area contributed by atoms with Crippen molar-refractivity contribution in [2.75, 3.05) is 27.9 Å². The van der Waals surface area contributed by atoms with Crippen LogP contribution in [0.2, 0.25) is 0 Å². The number of amides is 1. The Morgan fingerprint density at radius 2 is 1.66 bits per heavy atom. The summed E-state index contributed by atoms with van der Waals surface area (Å²) in [5.41, 5.74) is 4.59. The van der Waals surface area contributed by atoms with Gasteiger partial charge in [-0.15, -0.1) is 0 Å². The zero-order chi connectivity index (χ0) is 27.2. The van der Waals surface area contributed by atoms with Crippen molar-refractivity contribution in [3.8, 4) is 23.0 Å². The average molecular weight is 518 g/mol. The maximum atomic E-state index is 13.2. The maximum absolute atomic E-state index is 13.2. The zero-order valence-electron chi connectivity index (χ0n) is 22.8. The Balaban J connectivity index is 1.52. The van der Waals surface area contributed by atoms with Gasteiger partial charge in [-0.3, -0.25) is 4.79 Å². The number of aromatic nitrogens is 2. The summed E-state index contributed by atoms with van der Waals surface area (Å²) in [5.74, 6) is 2.69. The summed E-state index contributed by atoms with van der Waals surface area (Å²) in [5, 5.41) is 3.08. The van der Waals surface area contributed by atoms with Crippen molar-refractivity contribution in [3.05, 3.63) is 77.1 Å². The number of aryl methyl sites for hydroxylation is 3. The van der Waals surface area contributed by atoms with Crippen LogP contribution in [0.4, 0.5) is 0 Å². The fraction of sp³-hybridized carbons (Fsp3) is 0.333. The molecule has 1 atom stereocenters. The fourth-order valence-corrected chi connectivity index (χ4v) is 4.48. The summed E-state index contributed by atoms with van der Waals surface area (Å²) in [6, 6.07) is 17.1. The number of ether oxygens (including phenoxy) is 4. The summed E-state index contributed by atoms with van der Waals surface area (Å²) in [4.78, 5) is 18.1. The molecule has 200 valence electrons. The summed E-state index contributed by atoms with van der Waals surface area (Å²) in [6.45, 7) is 7.31. The molecular weight excluding hydrogens is 482 g/mol. The Bertz CT molecular complexity index is 1400. The molecule has 3 aromatic carbocycles. The van der Waals surface area contributed by atoms with Crippen LogP contribution in [0.5, 0.6) is 23.0 Å². The minimum absolute atomic E-state index is 0.270. The van der Waals surface area contributed by atoms with Gasteiger partial charge in [0, 0.05) is 12.1 Å². The highest BCUT2D eigenvalue weighted by atomic mass is 16.5. The minimum atomic E-state index is -0.353. The first kappa shape index (κ1) is 26.9. The number of nitrogens with one attached hydrogen (secondary N) is 1. The number of rotatable bonds is 11. The van der Waals surface area contributed by atoms with Crippen molar-refractivity contribution in [3.63, 3.8) is 0 Å². The number of imidazole rings is 1. The summed E-state index contributed by atoms with van der Waals surface area (Å²) in [6.07, 6.45) is 0.786. The number of carbonyl (C=O) groups excluding carboxylic acids is 1. The number of para-hydroxylation sites is 2. The molecule has 0 fully saturated rings. The maximum Gasteiger partial charge on any atom is 0.252 e. The monoisotopic (exact) mass is 517 g/mol. The predicted octanol–water partition coefficient (Wildman–Crippen LogP) is 5.64. The van der Waals surface area contributed by atoms with Crippen LogP contribution >= 0.6 is 0 Å². The molecule has 0 spiro atoms. The molecule has 1 N–H and O–H groups in total. The van der Waals surface area contributed by atoms with Gasteiger partial charge in [0.1, 0.15) is 11.6 Å². The van der Waals surface area contributed by atoms with Crippen LogP contribution in [0.25, 0.3) is 11.0 Å². The van der Waals surface area contributed by atoms with E-state index in [4.69, 9.17) is 23.9 Å². The van der Waals surface area contributed by atoms with Gasteiger partial charge in [0.25, 0.3) is 5.91 Å². The molecule has 4 rings (SSSR count). The van der Waals surface area contributed by atoms with Crippen LogP contribution in [0.1, 0.15) is 46.7 Å². The smallest absolute Gasteiger partial charge is 0.252 e. The number of carbonyl (C=O) groups is 1. The van der Waals surface area contributed by atoms with Gasteiger partial charge in [-0.25, -0.2) is 4.98 Å². The first-order chi connectivity index (χ1) is 18.4. The molecule has 0 aliphatic heterocycles. The standard InChI is InChI=1S/C30H35N3O5/c1-19-12-13-20(2)25(16-19)38-15-9-14-33-24-11-8-7-10-23(24)32-29(33)21(3)31-30(34)22-17-26(35-4)28(37-6)27(18-22)36-5/h7-8,10-13,16-18,21H,9,14-15H2,1-6H3,(H,31,34). The van der Waals surface area contributed by atoms with E-state index in [0.717, 1.165) is 34.6 Å². The fourth-order valence-electron chi connectivity index (χ4n) is 4.48. The van der Waals surface area contributed by atoms with Gasteiger partial charge in [-0.05, 0) is 68.7 Å². The van der Waals surface area contributed by atoms with Crippen molar-refractivity contribution >= 4 is 16.9 Å². The lowest BCUT2D eigenvalue weighted by Crippen LogP contribution is -2.29. The van der Waals surface area contributed by atoms with Crippen molar-refractivity contribution in [2.24, 2.45) is 0 Å². The van der Waals surface area contributed by atoms with Gasteiger partial charge in [0.15, 0.2) is 11.5 Å². The molecule has 4 aromatic rings. The Morgan fingerprint density at radius 3 is 2.34 bits per heavy atom. The molecule has 0 bridgehead atoms. The number of nitrogens with zero attached hydrogens (tertiary/aromatic N) is 2. The zero-order valence-corrected chi connectivity index (χ0v) is 22.8. The Kier molecular flexibility index (Phi) is 8.41. The highest BCUT2D eigenvalue weighted by Gasteiger charge is 2.22. The largest absolute Gasteiger partial charge is 0.493 e. The van der Waals surface area contributed by atoms with Crippen LogP contribution in [-0.2, 0) is 6.54 Å². The molecule has 8 heteroatoms. The van der Waals surface area contributed by atoms with Gasteiger partial charge in [0.05, 0.1) is 45.0 Å². The van der Waals surface area contributed by atoms with Crippen LogP contribution < -0.4 is 24.3 Å². The highest BCUT2D eigenvalue weighted by Crippen LogP contribution is 2.38. The van der Waals surface area contributed by atoms with Crippen LogP contribution in [-0.4, -0.2) is 43.4 Å². The summed E-state index contributed by atoms with van der Waals surface area (Å²) >= 11 is 0. The number of methoxy groups -OCH3 is 3. The highest BCUT2D eigenvalue weighted by molar-refractivity contribution is 5.96. The first-order valence-electron chi connectivity index (χ1n) is 12.6. The Hall–Kier alpha value is -4.20. The van der Waals surface area contributed by atoms with E-state index in [1.165, 1.54) is 26.9 Å². The van der Waals surface area contributed by atoms with Crippen LogP contribution in [0, 0.1) is 13.8 Å². The minimum Gasteiger partial charge on any atom is -0.493 e. The summed E-state index contributed by atoms with van der Waals surface area (Å²) in [7, 11) is 4.57. The van der Waals surface area contributed by atoms with Crippen molar-refractivity contribution in [1.29, 1.82) is 0 Å². The van der Waals surface area contributed by atoms with Gasteiger partial charge in [-0.2, -0.15) is 0 Å². The van der Waals surface area contributed by atoms with Crippen LogP contribution in [0.15, 0.2) is 54.6 Å². The molecule has 0 saturated heterocycles. The lowest BCUT2D eigenvalue weighted by molar-refractivity contribution is 0.0936. The van der Waals surface area contributed by atoms with E-state index in [-0.39, 0.29) is 11.9 Å². The number of benzene rings is 3. The molecule has 1 aromatic heterocycles. The van der Waals surface area contributed by atoms with Crippen LogP contribution in [0.3, 0.4) is 0 Å². The average Bonchev–Trinajstić information content (AvgIpc) is 3.30. The molecule has 0 saturated carbocycles. The lowest BCUT2D eigenvalue weighted by atomic mass is 10.1. The quantitative estimate of drug-likeness (QED) is 0.259. The topological polar surface area (TPSA) is 83.8 Å². The number of fused-ring (bicyclic) bond motifs is 1. The van der Waals surface area contributed by atoms with E-state index in [0.29, 0.717) is 36.0 Å². The van der Waals surface area contributed by atoms with E-state index in [9.17, 15) is 4.79 Å². The normalized spacial score (nSPS) is 11.7. The predicted molar refractivity (Wildman–Crippen MR) is 148 cm³/mol. The van der Waals surface area contributed by atoms with Crippen molar-refractivity contribution < 1.29 is 23.7 Å². The molecular formula is C30H35N3O5. The second-order valence-corrected chi connectivity index (χ2v) is 9.19. The molecule has 0 aliphatic rings. The van der Waals surface area contributed by atoms with Gasteiger partial charge >= 0.3 is 0 Å². The second-order valence-electron chi connectivity index (χ2n) is 9.19. The van der Waals surface area contributed by atoms with E-state index in [2.05, 4.69) is 41.9 Å². The molecule has 1 heterocycles. The molecule has 1 amide bonds. The molecule has 0 aliphatic carbocycles. The first-order valence-corrected chi connectivity index (χ1v) is 12.6. The molecule has 8 nitrogen and oxygen atoms in total. The van der Waals surface area contributed by atoms with E-state index < -0.39 is 0 Å². The number of hydrogen-bond donors (Lipinski definition) is 1. The number of hydrogen-bond acceptors (Lipinski definition) is 6. The molecule has 0 radical (unpaired) electrons. The Labute approximate surface area is 223 Å². The molecule has 38 heavy (non-hydrogen) atoms. The second kappa shape index (κ2) is 11.9. The third-order valence-corrected chi connectivity index (χ3v) is 6.47. The summed E-state index contributed by atoms with van der Waals surface area (Å²) < 4.78 is 24.4. The lowest BCUT2D eigenvalue weighted by Gasteiger charge is -2.18. The van der Waals surface area contributed by atoms with E-state index in [1.807, 2.05) is 31.2 Å². The van der Waals surface area contributed by atoms with Gasteiger partial charge in [0.2, 0.25) is 5.75 Å². The third kappa shape index (κ3) is 5.69. The van der Waals surface area contributed by atoms with E-state index in [1.54, 1.807) is 12.1 Å². The van der Waals surface area contributed by atoms with Crippen molar-refractivity contribution in [2.45, 2.75) is 39.8 Å². The third-order valence-electron chi connectivity index (χ3n) is 6.47. The van der Waals surface area contributed by atoms with Crippen molar-refractivity contribution in [1.82, 2.24) is 14.9 Å². The Morgan fingerprint density at radius 1 is 0.947 bits per heavy atom. The van der Waals surface area contributed by atoms with E-state index >= 15 is 0 Å². The van der Waals surface area contributed by atoms with Gasteiger partial charge in [-0.1, -0.05) is 24.3 Å². The molecule has 1 unspecified atom stereocenters.